The first-order chi connectivity index (χ1) is 12.0. The number of carbonyl (C=O) groups is 1. The molecule has 0 saturated carbocycles. The average molecular weight is 362 g/mol. The summed E-state index contributed by atoms with van der Waals surface area (Å²) in [4.78, 5) is 14.5. The van der Waals surface area contributed by atoms with Crippen LogP contribution in [0.5, 0.6) is 0 Å². The molecule has 0 unspecified atom stereocenters. The molecule has 2 heterocycles. The van der Waals surface area contributed by atoms with Crippen LogP contribution in [0.1, 0.15) is 31.2 Å². The van der Waals surface area contributed by atoms with E-state index < -0.39 is 9.84 Å². The molecule has 6 heteroatoms. The van der Waals surface area contributed by atoms with Crippen LogP contribution in [-0.2, 0) is 14.6 Å². The van der Waals surface area contributed by atoms with Gasteiger partial charge in [0.1, 0.15) is 9.84 Å². The van der Waals surface area contributed by atoms with Gasteiger partial charge in [-0.3, -0.25) is 4.79 Å². The number of rotatable bonds is 4. The molecule has 0 spiro atoms. The highest BCUT2D eigenvalue weighted by Crippen LogP contribution is 2.22. The molecule has 1 amide bonds. The molecular weight excluding hydrogens is 336 g/mol. The zero-order valence-corrected chi connectivity index (χ0v) is 15.2. The second-order valence-electron chi connectivity index (χ2n) is 6.95. The Balaban J connectivity index is 1.42. The van der Waals surface area contributed by atoms with Gasteiger partial charge in [0, 0.05) is 31.2 Å². The lowest BCUT2D eigenvalue weighted by atomic mass is 10.0. The number of amides is 1. The highest BCUT2D eigenvalue weighted by Gasteiger charge is 2.30. The van der Waals surface area contributed by atoms with Crippen LogP contribution in [0.15, 0.2) is 36.4 Å². The van der Waals surface area contributed by atoms with Crippen LogP contribution in [0.25, 0.3) is 6.08 Å². The molecule has 0 radical (unpaired) electrons. The predicted octanol–water partition coefficient (Wildman–Crippen LogP) is 1.86. The lowest BCUT2D eigenvalue weighted by Crippen LogP contribution is -2.49. The molecule has 2 aliphatic rings. The fourth-order valence-corrected chi connectivity index (χ4v) is 5.10. The summed E-state index contributed by atoms with van der Waals surface area (Å²) in [7, 11) is -2.80. The van der Waals surface area contributed by atoms with Crippen molar-refractivity contribution in [3.8, 4) is 0 Å². The van der Waals surface area contributed by atoms with Crippen LogP contribution >= 0.6 is 0 Å². The Bertz CT molecular complexity index is 693. The number of likely N-dealkylation sites (tertiary alicyclic amines) is 1. The molecule has 1 N–H and O–H groups in total. The van der Waals surface area contributed by atoms with Gasteiger partial charge in [-0.05, 0) is 37.3 Å². The van der Waals surface area contributed by atoms with E-state index in [2.05, 4.69) is 10.2 Å². The number of piperidine rings is 1. The number of hydrogen-bond acceptors (Lipinski definition) is 4. The van der Waals surface area contributed by atoms with Gasteiger partial charge in [-0.25, -0.2) is 8.42 Å². The van der Waals surface area contributed by atoms with Crippen LogP contribution in [-0.4, -0.2) is 55.9 Å². The van der Waals surface area contributed by atoms with E-state index in [9.17, 15) is 13.2 Å². The Morgan fingerprint density at radius 1 is 1.04 bits per heavy atom. The smallest absolute Gasteiger partial charge is 0.244 e. The molecule has 25 heavy (non-hydrogen) atoms. The zero-order valence-electron chi connectivity index (χ0n) is 14.4. The molecule has 0 atom stereocenters. The van der Waals surface area contributed by atoms with E-state index in [4.69, 9.17) is 0 Å². The lowest BCUT2D eigenvalue weighted by Gasteiger charge is -2.39. The maximum atomic E-state index is 12.1. The van der Waals surface area contributed by atoms with E-state index in [0.717, 1.165) is 44.3 Å². The van der Waals surface area contributed by atoms with E-state index in [1.54, 1.807) is 6.08 Å². The number of sulfone groups is 1. The average Bonchev–Trinajstić information content (AvgIpc) is 2.62. The van der Waals surface area contributed by atoms with Crippen molar-refractivity contribution in [2.75, 3.05) is 24.6 Å². The maximum Gasteiger partial charge on any atom is 0.244 e. The van der Waals surface area contributed by atoms with Crippen molar-refractivity contribution in [1.29, 1.82) is 0 Å². The van der Waals surface area contributed by atoms with Crippen molar-refractivity contribution in [1.82, 2.24) is 10.2 Å². The Hall–Kier alpha value is -1.66. The Labute approximate surface area is 150 Å². The normalized spacial score (nSPS) is 22.9. The summed E-state index contributed by atoms with van der Waals surface area (Å²) in [5, 5.41) is 3.08. The lowest BCUT2D eigenvalue weighted by molar-refractivity contribution is -0.117. The van der Waals surface area contributed by atoms with Gasteiger partial charge >= 0.3 is 0 Å². The molecule has 2 saturated heterocycles. The van der Waals surface area contributed by atoms with E-state index in [-0.39, 0.29) is 11.9 Å². The minimum atomic E-state index is -2.80. The number of carbonyl (C=O) groups excluding carboxylic acids is 1. The Morgan fingerprint density at radius 3 is 2.32 bits per heavy atom. The molecule has 3 rings (SSSR count). The summed E-state index contributed by atoms with van der Waals surface area (Å²) in [6, 6.07) is 10.4. The summed E-state index contributed by atoms with van der Waals surface area (Å²) < 4.78 is 23.1. The van der Waals surface area contributed by atoms with Gasteiger partial charge < -0.3 is 10.2 Å². The molecule has 0 aliphatic carbocycles. The highest BCUT2D eigenvalue weighted by molar-refractivity contribution is 7.91. The van der Waals surface area contributed by atoms with Crippen molar-refractivity contribution in [3.05, 3.63) is 42.0 Å². The number of hydrogen-bond donors (Lipinski definition) is 1. The van der Waals surface area contributed by atoms with E-state index in [1.165, 1.54) is 0 Å². The topological polar surface area (TPSA) is 66.5 Å². The minimum absolute atomic E-state index is 0.0499. The third-order valence-electron chi connectivity index (χ3n) is 5.14. The number of nitrogens with one attached hydrogen (secondary N) is 1. The summed E-state index contributed by atoms with van der Waals surface area (Å²) in [6.07, 6.45) is 6.77. The van der Waals surface area contributed by atoms with Gasteiger partial charge in [0.05, 0.1) is 11.5 Å². The molecular formula is C19H26N2O3S. The van der Waals surface area contributed by atoms with Crippen LogP contribution in [0, 0.1) is 0 Å². The first-order valence-corrected chi connectivity index (χ1v) is 10.8. The molecule has 1 aromatic carbocycles. The SMILES string of the molecule is O=C(/C=C/c1ccccc1)NC1CCN(C2CCS(=O)(=O)CC2)CC1. The van der Waals surface area contributed by atoms with Crippen molar-refractivity contribution in [2.45, 2.75) is 37.8 Å². The number of benzene rings is 1. The van der Waals surface area contributed by atoms with E-state index in [0.29, 0.717) is 17.5 Å². The highest BCUT2D eigenvalue weighted by atomic mass is 32.2. The monoisotopic (exact) mass is 362 g/mol. The van der Waals surface area contributed by atoms with Crippen molar-refractivity contribution < 1.29 is 13.2 Å². The fraction of sp³-hybridized carbons (Fsp3) is 0.526. The third kappa shape index (κ3) is 5.41. The summed E-state index contributed by atoms with van der Waals surface area (Å²) in [5.41, 5.74) is 1.01. The van der Waals surface area contributed by atoms with Crippen LogP contribution < -0.4 is 5.32 Å². The quantitative estimate of drug-likeness (QED) is 0.830. The molecule has 2 fully saturated rings. The van der Waals surface area contributed by atoms with Crippen molar-refractivity contribution >= 4 is 21.8 Å². The molecule has 0 bridgehead atoms. The molecule has 0 aromatic heterocycles. The van der Waals surface area contributed by atoms with Gasteiger partial charge in [-0.1, -0.05) is 30.3 Å². The standard InChI is InChI=1S/C19H26N2O3S/c22-19(7-6-16-4-2-1-3-5-16)20-17-8-12-21(13-9-17)18-10-14-25(23,24)15-11-18/h1-7,17-18H,8-15H2,(H,20,22)/b7-6+. The Morgan fingerprint density at radius 2 is 1.68 bits per heavy atom. The molecule has 5 nitrogen and oxygen atoms in total. The van der Waals surface area contributed by atoms with Crippen molar-refractivity contribution in [2.24, 2.45) is 0 Å². The third-order valence-corrected chi connectivity index (χ3v) is 6.86. The van der Waals surface area contributed by atoms with Crippen LogP contribution in [0.2, 0.25) is 0 Å². The van der Waals surface area contributed by atoms with E-state index >= 15 is 0 Å². The fourth-order valence-electron chi connectivity index (χ4n) is 3.64. The zero-order chi connectivity index (χ0) is 17.7. The second kappa shape index (κ2) is 8.15. The van der Waals surface area contributed by atoms with Crippen LogP contribution in [0.3, 0.4) is 0 Å². The maximum absolute atomic E-state index is 12.1. The van der Waals surface area contributed by atoms with Gasteiger partial charge in [0.15, 0.2) is 0 Å². The molecule has 2 aliphatic heterocycles. The summed E-state index contributed by atoms with van der Waals surface area (Å²) in [6.45, 7) is 1.86. The predicted molar refractivity (Wildman–Crippen MR) is 99.9 cm³/mol. The first-order valence-electron chi connectivity index (χ1n) is 9.00. The summed E-state index contributed by atoms with van der Waals surface area (Å²) >= 11 is 0. The van der Waals surface area contributed by atoms with Gasteiger partial charge in [0.2, 0.25) is 5.91 Å². The van der Waals surface area contributed by atoms with Crippen molar-refractivity contribution in [3.63, 3.8) is 0 Å². The Kier molecular flexibility index (Phi) is 5.91. The molecule has 1 aromatic rings. The second-order valence-corrected chi connectivity index (χ2v) is 9.25. The molecule has 136 valence electrons. The number of nitrogens with zero attached hydrogens (tertiary/aromatic N) is 1. The van der Waals surface area contributed by atoms with E-state index in [1.807, 2.05) is 36.4 Å². The van der Waals surface area contributed by atoms with Gasteiger partial charge in [-0.2, -0.15) is 0 Å². The van der Waals surface area contributed by atoms with Crippen LogP contribution in [0.4, 0.5) is 0 Å². The first kappa shape index (κ1) is 18.1. The van der Waals surface area contributed by atoms with Gasteiger partial charge in [0.25, 0.3) is 0 Å². The summed E-state index contributed by atoms with van der Waals surface area (Å²) in [5.74, 6) is 0.586. The minimum Gasteiger partial charge on any atom is -0.350 e. The van der Waals surface area contributed by atoms with Gasteiger partial charge in [-0.15, -0.1) is 0 Å². The largest absolute Gasteiger partial charge is 0.350 e.